The van der Waals surface area contributed by atoms with E-state index >= 15 is 0 Å². The molecule has 0 radical (unpaired) electrons. The first-order valence-corrected chi connectivity index (χ1v) is 6.02. The second-order valence-electron chi connectivity index (χ2n) is 4.24. The summed E-state index contributed by atoms with van der Waals surface area (Å²) in [5, 5.41) is 0. The maximum atomic E-state index is 13.7. The number of carbonyl (C=O) groups is 1. The molecule has 1 aromatic carbocycles. The molecule has 0 aliphatic carbocycles. The molecule has 6 heteroatoms. The van der Waals surface area contributed by atoms with Gasteiger partial charge in [-0.2, -0.15) is 4.39 Å². The molecule has 0 spiro atoms. The van der Waals surface area contributed by atoms with Crippen molar-refractivity contribution in [2.24, 2.45) is 0 Å². The molecule has 102 valence electrons. The highest BCUT2D eigenvalue weighted by molar-refractivity contribution is 6.07. The summed E-state index contributed by atoms with van der Waals surface area (Å²) in [4.78, 5) is 16.9. The summed E-state index contributed by atoms with van der Waals surface area (Å²) in [5.74, 6) is -2.58. The first-order chi connectivity index (χ1) is 9.68. The van der Waals surface area contributed by atoms with Crippen molar-refractivity contribution in [2.75, 3.05) is 18.1 Å². The average Bonchev–Trinajstić information content (AvgIpc) is 2.49. The molecular weight excluding hydrogens is 266 g/mol. The number of para-hydroxylation sites is 2. The number of pyridine rings is 1. The summed E-state index contributed by atoms with van der Waals surface area (Å²) in [5.41, 5.74) is 0.203. The Morgan fingerprint density at radius 3 is 2.90 bits per heavy atom. The van der Waals surface area contributed by atoms with Gasteiger partial charge in [-0.1, -0.05) is 12.1 Å². The molecule has 2 heterocycles. The van der Waals surface area contributed by atoms with Crippen molar-refractivity contribution in [3.8, 4) is 5.75 Å². The van der Waals surface area contributed by atoms with Crippen molar-refractivity contribution in [1.29, 1.82) is 0 Å². The zero-order valence-corrected chi connectivity index (χ0v) is 10.3. The van der Waals surface area contributed by atoms with Gasteiger partial charge in [-0.05, 0) is 18.2 Å². The Morgan fingerprint density at radius 1 is 1.25 bits per heavy atom. The number of halogens is 2. The highest BCUT2D eigenvalue weighted by atomic mass is 19.2. The van der Waals surface area contributed by atoms with Crippen LogP contribution >= 0.6 is 0 Å². The van der Waals surface area contributed by atoms with Crippen LogP contribution in [0.4, 0.5) is 14.5 Å². The van der Waals surface area contributed by atoms with E-state index in [9.17, 15) is 13.6 Å². The number of rotatable bonds is 1. The molecule has 0 N–H and O–H groups in total. The first-order valence-electron chi connectivity index (χ1n) is 6.02. The number of ether oxygens (including phenoxy) is 1. The average molecular weight is 276 g/mol. The third-order valence-corrected chi connectivity index (χ3v) is 3.05. The Kier molecular flexibility index (Phi) is 3.06. The lowest BCUT2D eigenvalue weighted by Crippen LogP contribution is -2.38. The number of hydrogen-bond acceptors (Lipinski definition) is 3. The van der Waals surface area contributed by atoms with Crippen LogP contribution in [0.5, 0.6) is 5.75 Å². The highest BCUT2D eigenvalue weighted by Gasteiger charge is 2.27. The van der Waals surface area contributed by atoms with Gasteiger partial charge in [0.05, 0.1) is 17.8 Å². The molecular formula is C14H10F2N2O2. The minimum absolute atomic E-state index is 0.277. The predicted octanol–water partition coefficient (Wildman–Crippen LogP) is 2.40. The Hall–Kier alpha value is -2.50. The van der Waals surface area contributed by atoms with Crippen LogP contribution in [0, 0.1) is 11.8 Å². The van der Waals surface area contributed by atoms with E-state index in [2.05, 4.69) is 4.98 Å². The zero-order valence-electron chi connectivity index (χ0n) is 10.3. The number of amides is 1. The number of hydrogen-bond donors (Lipinski definition) is 0. The minimum Gasteiger partial charge on any atom is -0.490 e. The van der Waals surface area contributed by atoms with Gasteiger partial charge in [0.25, 0.3) is 5.91 Å². The Balaban J connectivity index is 2.02. The summed E-state index contributed by atoms with van der Waals surface area (Å²) in [6, 6.07) is 8.11. The number of benzene rings is 1. The van der Waals surface area contributed by atoms with Gasteiger partial charge in [0.15, 0.2) is 5.82 Å². The lowest BCUT2D eigenvalue weighted by Gasteiger charge is -2.29. The second kappa shape index (κ2) is 4.88. The van der Waals surface area contributed by atoms with Gasteiger partial charge in [-0.15, -0.1) is 0 Å². The van der Waals surface area contributed by atoms with Gasteiger partial charge in [0, 0.05) is 6.20 Å². The summed E-state index contributed by atoms with van der Waals surface area (Å²) in [6.45, 7) is 0.581. The van der Waals surface area contributed by atoms with Gasteiger partial charge in [-0.25, -0.2) is 9.37 Å². The number of carbonyl (C=O) groups excluding carboxylic acids is 1. The van der Waals surface area contributed by atoms with Crippen molar-refractivity contribution in [3.63, 3.8) is 0 Å². The lowest BCUT2D eigenvalue weighted by molar-refractivity contribution is 0.0971. The fourth-order valence-electron chi connectivity index (χ4n) is 2.11. The van der Waals surface area contributed by atoms with Crippen molar-refractivity contribution in [2.45, 2.75) is 0 Å². The van der Waals surface area contributed by atoms with E-state index in [-0.39, 0.29) is 12.1 Å². The fraction of sp³-hybridized carbons (Fsp3) is 0.143. The van der Waals surface area contributed by atoms with Crippen LogP contribution in [0.25, 0.3) is 0 Å². The van der Waals surface area contributed by atoms with E-state index < -0.39 is 17.7 Å². The summed E-state index contributed by atoms with van der Waals surface area (Å²) in [7, 11) is 0. The van der Waals surface area contributed by atoms with Crippen LogP contribution in [0.2, 0.25) is 0 Å². The van der Waals surface area contributed by atoms with Crippen LogP contribution in [-0.4, -0.2) is 24.0 Å². The van der Waals surface area contributed by atoms with Crippen molar-refractivity contribution < 1.29 is 18.3 Å². The predicted molar refractivity (Wildman–Crippen MR) is 67.8 cm³/mol. The normalized spacial score (nSPS) is 13.6. The van der Waals surface area contributed by atoms with Gasteiger partial charge < -0.3 is 9.64 Å². The number of anilines is 1. The van der Waals surface area contributed by atoms with Crippen LogP contribution < -0.4 is 9.64 Å². The van der Waals surface area contributed by atoms with E-state index in [1.165, 1.54) is 11.0 Å². The fourth-order valence-corrected chi connectivity index (χ4v) is 2.11. The van der Waals surface area contributed by atoms with Crippen LogP contribution in [-0.2, 0) is 0 Å². The van der Waals surface area contributed by atoms with Crippen molar-refractivity contribution in [1.82, 2.24) is 4.98 Å². The second-order valence-corrected chi connectivity index (χ2v) is 4.24. The maximum absolute atomic E-state index is 13.7. The van der Waals surface area contributed by atoms with E-state index in [0.29, 0.717) is 18.0 Å². The van der Waals surface area contributed by atoms with Crippen molar-refractivity contribution in [3.05, 3.63) is 53.9 Å². The first kappa shape index (κ1) is 12.5. The number of aromatic nitrogens is 1. The molecule has 0 saturated carbocycles. The van der Waals surface area contributed by atoms with E-state index in [1.807, 2.05) is 0 Å². The molecule has 0 saturated heterocycles. The Labute approximate surface area is 113 Å². The topological polar surface area (TPSA) is 42.4 Å². The molecule has 0 atom stereocenters. The summed E-state index contributed by atoms with van der Waals surface area (Å²) in [6.07, 6.45) is 1.07. The highest BCUT2D eigenvalue weighted by Crippen LogP contribution is 2.32. The summed E-state index contributed by atoms with van der Waals surface area (Å²) >= 11 is 0. The molecule has 1 aliphatic rings. The van der Waals surface area contributed by atoms with Gasteiger partial charge in [0.2, 0.25) is 5.95 Å². The molecule has 1 amide bonds. The van der Waals surface area contributed by atoms with Crippen molar-refractivity contribution >= 4 is 11.6 Å². The quantitative estimate of drug-likeness (QED) is 0.751. The van der Waals surface area contributed by atoms with E-state index in [4.69, 9.17) is 4.74 Å². The van der Waals surface area contributed by atoms with E-state index in [1.54, 1.807) is 24.3 Å². The molecule has 0 unspecified atom stereocenters. The van der Waals surface area contributed by atoms with Gasteiger partial charge in [-0.3, -0.25) is 4.79 Å². The molecule has 0 fully saturated rings. The molecule has 4 nitrogen and oxygen atoms in total. The van der Waals surface area contributed by atoms with Crippen LogP contribution in [0.15, 0.2) is 36.5 Å². The van der Waals surface area contributed by atoms with E-state index in [0.717, 1.165) is 6.20 Å². The zero-order chi connectivity index (χ0) is 14.1. The standard InChI is InChI=1S/C14H10F2N2O2/c15-12-9(5-6-17-13(12)16)14(19)18-7-8-20-11-4-2-1-3-10(11)18/h1-6H,7-8H2. The molecule has 0 bridgehead atoms. The van der Waals surface area contributed by atoms with Crippen LogP contribution in [0.3, 0.4) is 0 Å². The maximum Gasteiger partial charge on any atom is 0.261 e. The van der Waals surface area contributed by atoms with Gasteiger partial charge >= 0.3 is 0 Å². The largest absolute Gasteiger partial charge is 0.490 e. The Morgan fingerprint density at radius 2 is 2.05 bits per heavy atom. The molecule has 20 heavy (non-hydrogen) atoms. The molecule has 3 rings (SSSR count). The number of nitrogens with zero attached hydrogens (tertiary/aromatic N) is 2. The van der Waals surface area contributed by atoms with Gasteiger partial charge in [0.1, 0.15) is 12.4 Å². The third-order valence-electron chi connectivity index (χ3n) is 3.05. The smallest absolute Gasteiger partial charge is 0.261 e. The third kappa shape index (κ3) is 1.99. The number of fused-ring (bicyclic) bond motifs is 1. The Bertz CT molecular complexity index is 676. The SMILES string of the molecule is O=C(c1ccnc(F)c1F)N1CCOc2ccccc21. The lowest BCUT2D eigenvalue weighted by atomic mass is 10.1. The van der Waals surface area contributed by atoms with Crippen LogP contribution in [0.1, 0.15) is 10.4 Å². The molecule has 2 aromatic rings. The molecule has 1 aliphatic heterocycles. The monoisotopic (exact) mass is 276 g/mol. The summed E-state index contributed by atoms with van der Waals surface area (Å²) < 4.78 is 32.2. The molecule has 1 aromatic heterocycles. The minimum atomic E-state index is -1.28.